The van der Waals surface area contributed by atoms with Crippen molar-refractivity contribution in [1.29, 1.82) is 0 Å². The summed E-state index contributed by atoms with van der Waals surface area (Å²) in [5.41, 5.74) is 5.17. The van der Waals surface area contributed by atoms with Crippen LogP contribution in [0.3, 0.4) is 0 Å². The number of hydrogen-bond donors (Lipinski definition) is 2. The van der Waals surface area contributed by atoms with Crippen LogP contribution in [0.2, 0.25) is 0 Å². The van der Waals surface area contributed by atoms with Crippen molar-refractivity contribution in [1.82, 2.24) is 0 Å². The van der Waals surface area contributed by atoms with Gasteiger partial charge >= 0.3 is 0 Å². The third-order valence-corrected chi connectivity index (χ3v) is 6.18. The summed E-state index contributed by atoms with van der Waals surface area (Å²) in [6.07, 6.45) is 0. The number of carbonyl (C=O) groups excluding carboxylic acids is 1. The fraction of sp³-hybridized carbons (Fsp3) is 0.208. The Hall–Kier alpha value is -3.32. The molecule has 7 heteroatoms. The molecule has 0 spiro atoms. The second-order valence-electron chi connectivity index (χ2n) is 7.55. The van der Waals surface area contributed by atoms with Crippen LogP contribution in [0.15, 0.2) is 65.6 Å². The zero-order valence-corrected chi connectivity index (χ0v) is 18.8. The molecule has 0 aliphatic heterocycles. The zero-order valence-electron chi connectivity index (χ0n) is 18.0. The third kappa shape index (κ3) is 5.86. The normalized spacial score (nSPS) is 11.1. The molecular formula is C24H26N2O4S. The SMILES string of the molecule is Cc1ccc(NC(=O)COc2ccc(S(=O)(=O)Nc3cc(C)ccc3C)cc2)c(C)c1. The molecule has 0 bridgehead atoms. The molecule has 0 saturated carbocycles. The molecule has 0 aliphatic rings. The summed E-state index contributed by atoms with van der Waals surface area (Å²) in [7, 11) is -3.73. The van der Waals surface area contributed by atoms with E-state index in [-0.39, 0.29) is 17.4 Å². The Kier molecular flexibility index (Phi) is 6.65. The first-order valence-electron chi connectivity index (χ1n) is 9.84. The zero-order chi connectivity index (χ0) is 22.6. The fourth-order valence-electron chi connectivity index (χ4n) is 3.05. The van der Waals surface area contributed by atoms with Gasteiger partial charge in [-0.15, -0.1) is 0 Å². The molecule has 3 rings (SSSR count). The van der Waals surface area contributed by atoms with Crippen LogP contribution in [0.5, 0.6) is 5.75 Å². The molecule has 0 radical (unpaired) electrons. The van der Waals surface area contributed by atoms with E-state index >= 15 is 0 Å². The van der Waals surface area contributed by atoms with Crippen LogP contribution < -0.4 is 14.8 Å². The Bertz CT molecular complexity index is 1200. The number of nitrogens with one attached hydrogen (secondary N) is 2. The van der Waals surface area contributed by atoms with Gasteiger partial charge in [0.05, 0.1) is 10.6 Å². The maximum atomic E-state index is 12.7. The largest absolute Gasteiger partial charge is 0.484 e. The van der Waals surface area contributed by atoms with Crippen LogP contribution in [0.4, 0.5) is 11.4 Å². The number of anilines is 2. The summed E-state index contributed by atoms with van der Waals surface area (Å²) < 4.78 is 33.5. The summed E-state index contributed by atoms with van der Waals surface area (Å²) in [6, 6.07) is 17.3. The summed E-state index contributed by atoms with van der Waals surface area (Å²) in [5.74, 6) is 0.113. The lowest BCUT2D eigenvalue weighted by atomic mass is 10.1. The van der Waals surface area contributed by atoms with Crippen LogP contribution in [-0.2, 0) is 14.8 Å². The molecule has 31 heavy (non-hydrogen) atoms. The summed E-state index contributed by atoms with van der Waals surface area (Å²) in [5, 5.41) is 2.81. The van der Waals surface area contributed by atoms with E-state index in [1.54, 1.807) is 6.07 Å². The summed E-state index contributed by atoms with van der Waals surface area (Å²) >= 11 is 0. The first-order chi connectivity index (χ1) is 14.6. The van der Waals surface area contributed by atoms with E-state index in [0.717, 1.165) is 27.9 Å². The first-order valence-corrected chi connectivity index (χ1v) is 11.3. The molecule has 0 aromatic heterocycles. The molecule has 0 saturated heterocycles. The van der Waals surface area contributed by atoms with Crippen molar-refractivity contribution < 1.29 is 17.9 Å². The minimum atomic E-state index is -3.73. The minimum absolute atomic E-state index is 0.112. The second kappa shape index (κ2) is 9.22. The van der Waals surface area contributed by atoms with Gasteiger partial charge < -0.3 is 10.1 Å². The van der Waals surface area contributed by atoms with Gasteiger partial charge in [0.1, 0.15) is 5.75 Å². The van der Waals surface area contributed by atoms with E-state index in [1.807, 2.05) is 58.0 Å². The van der Waals surface area contributed by atoms with Crippen molar-refractivity contribution in [2.75, 3.05) is 16.6 Å². The van der Waals surface area contributed by atoms with Crippen molar-refractivity contribution >= 4 is 27.3 Å². The van der Waals surface area contributed by atoms with Gasteiger partial charge in [-0.2, -0.15) is 0 Å². The highest BCUT2D eigenvalue weighted by molar-refractivity contribution is 7.92. The number of hydrogen-bond acceptors (Lipinski definition) is 4. The number of ether oxygens (including phenoxy) is 1. The summed E-state index contributed by atoms with van der Waals surface area (Å²) in [6.45, 7) is 7.48. The molecule has 3 aromatic rings. The fourth-order valence-corrected chi connectivity index (χ4v) is 4.18. The van der Waals surface area contributed by atoms with Crippen LogP contribution in [0, 0.1) is 27.7 Å². The van der Waals surface area contributed by atoms with Crippen LogP contribution in [0.1, 0.15) is 22.3 Å². The quantitative estimate of drug-likeness (QED) is 0.558. The molecule has 0 fully saturated rings. The number of benzene rings is 3. The van der Waals surface area contributed by atoms with Gasteiger partial charge in [0.2, 0.25) is 0 Å². The Morgan fingerprint density at radius 2 is 1.45 bits per heavy atom. The van der Waals surface area contributed by atoms with E-state index in [2.05, 4.69) is 10.0 Å². The van der Waals surface area contributed by atoms with Crippen LogP contribution in [0.25, 0.3) is 0 Å². The lowest BCUT2D eigenvalue weighted by molar-refractivity contribution is -0.118. The number of sulfonamides is 1. The Morgan fingerprint density at radius 1 is 0.806 bits per heavy atom. The molecule has 0 atom stereocenters. The number of carbonyl (C=O) groups is 1. The van der Waals surface area contributed by atoms with Gasteiger partial charge in [0.25, 0.3) is 15.9 Å². The van der Waals surface area contributed by atoms with Gasteiger partial charge in [0.15, 0.2) is 6.61 Å². The molecular weight excluding hydrogens is 412 g/mol. The average molecular weight is 439 g/mol. The van der Waals surface area contributed by atoms with E-state index in [0.29, 0.717) is 11.4 Å². The first kappa shape index (κ1) is 22.4. The Morgan fingerprint density at radius 3 is 2.13 bits per heavy atom. The van der Waals surface area contributed by atoms with Gasteiger partial charge in [-0.05, 0) is 80.8 Å². The molecule has 1 amide bonds. The molecule has 0 unspecified atom stereocenters. The second-order valence-corrected chi connectivity index (χ2v) is 9.23. The Balaban J connectivity index is 1.61. The maximum absolute atomic E-state index is 12.7. The molecule has 0 aliphatic carbocycles. The highest BCUT2D eigenvalue weighted by Crippen LogP contribution is 2.23. The minimum Gasteiger partial charge on any atom is -0.484 e. The molecule has 0 heterocycles. The number of aryl methyl sites for hydroxylation is 4. The van der Waals surface area contributed by atoms with E-state index < -0.39 is 10.0 Å². The van der Waals surface area contributed by atoms with E-state index in [1.165, 1.54) is 24.3 Å². The monoisotopic (exact) mass is 438 g/mol. The third-order valence-electron chi connectivity index (χ3n) is 4.80. The molecule has 162 valence electrons. The van der Waals surface area contributed by atoms with Crippen molar-refractivity contribution in [3.05, 3.63) is 82.9 Å². The van der Waals surface area contributed by atoms with Crippen molar-refractivity contribution in [2.24, 2.45) is 0 Å². The maximum Gasteiger partial charge on any atom is 0.262 e. The standard InChI is InChI=1S/C24H26N2O4S/c1-16-6-12-22(19(4)13-16)25-24(27)15-30-20-8-10-21(11-9-20)31(28,29)26-23-14-17(2)5-7-18(23)3/h5-14,26H,15H2,1-4H3,(H,25,27). The number of amides is 1. The van der Waals surface area contributed by atoms with Crippen molar-refractivity contribution in [3.8, 4) is 5.75 Å². The predicted molar refractivity (Wildman–Crippen MR) is 123 cm³/mol. The highest BCUT2D eigenvalue weighted by Gasteiger charge is 2.16. The van der Waals surface area contributed by atoms with Gasteiger partial charge in [-0.1, -0.05) is 29.8 Å². The van der Waals surface area contributed by atoms with Crippen molar-refractivity contribution in [2.45, 2.75) is 32.6 Å². The van der Waals surface area contributed by atoms with E-state index in [9.17, 15) is 13.2 Å². The van der Waals surface area contributed by atoms with Gasteiger partial charge in [-0.3, -0.25) is 9.52 Å². The average Bonchev–Trinajstić information content (AvgIpc) is 2.71. The van der Waals surface area contributed by atoms with Gasteiger partial charge in [-0.25, -0.2) is 8.42 Å². The summed E-state index contributed by atoms with van der Waals surface area (Å²) in [4.78, 5) is 12.3. The molecule has 3 aromatic carbocycles. The molecule has 2 N–H and O–H groups in total. The van der Waals surface area contributed by atoms with Crippen molar-refractivity contribution in [3.63, 3.8) is 0 Å². The van der Waals surface area contributed by atoms with Crippen LogP contribution >= 0.6 is 0 Å². The topological polar surface area (TPSA) is 84.5 Å². The Labute approximate surface area is 183 Å². The lowest BCUT2D eigenvalue weighted by Crippen LogP contribution is -2.20. The lowest BCUT2D eigenvalue weighted by Gasteiger charge is -2.12. The van der Waals surface area contributed by atoms with E-state index in [4.69, 9.17) is 4.74 Å². The van der Waals surface area contributed by atoms with Crippen LogP contribution in [-0.4, -0.2) is 20.9 Å². The smallest absolute Gasteiger partial charge is 0.262 e. The highest BCUT2D eigenvalue weighted by atomic mass is 32.2. The van der Waals surface area contributed by atoms with Gasteiger partial charge in [0, 0.05) is 5.69 Å². The predicted octanol–water partition coefficient (Wildman–Crippen LogP) is 4.74. The molecule has 6 nitrogen and oxygen atoms in total. The number of rotatable bonds is 7.